The molecule has 0 fully saturated rings. The van der Waals surface area contributed by atoms with E-state index in [1.165, 1.54) is 0 Å². The molecule has 1 N–H and O–H groups in total. The zero-order chi connectivity index (χ0) is 21.1. The molecule has 0 amide bonds. The molecule has 0 saturated carbocycles. The first-order valence-electron chi connectivity index (χ1n) is 9.53. The zero-order valence-electron chi connectivity index (χ0n) is 16.6. The molecule has 4 rings (SSSR count). The average Bonchev–Trinajstić information content (AvgIpc) is 3.19. The predicted molar refractivity (Wildman–Crippen MR) is 128 cm³/mol. The minimum atomic E-state index is 0.548. The number of fused-ring (bicyclic) bond motifs is 1. The number of methoxy groups -OCH3 is 1. The van der Waals surface area contributed by atoms with Crippen molar-refractivity contribution >= 4 is 51.8 Å². The number of nitrogens with zero attached hydrogens (tertiary/aromatic N) is 1. The van der Waals surface area contributed by atoms with E-state index < -0.39 is 0 Å². The van der Waals surface area contributed by atoms with Crippen molar-refractivity contribution in [3.63, 3.8) is 0 Å². The molecule has 4 aromatic rings. The van der Waals surface area contributed by atoms with Gasteiger partial charge in [0.25, 0.3) is 0 Å². The fourth-order valence-electron chi connectivity index (χ4n) is 3.34. The van der Waals surface area contributed by atoms with Gasteiger partial charge in [0.1, 0.15) is 5.69 Å². The molecule has 0 saturated heterocycles. The van der Waals surface area contributed by atoms with Gasteiger partial charge in [0.2, 0.25) is 5.90 Å². The second-order valence-electron chi connectivity index (χ2n) is 6.61. The third-order valence-electron chi connectivity index (χ3n) is 4.67. The summed E-state index contributed by atoms with van der Waals surface area (Å²) >= 11 is 14.0. The van der Waals surface area contributed by atoms with Crippen LogP contribution in [0.4, 0.5) is 0 Å². The molecule has 0 unspecified atom stereocenters. The van der Waals surface area contributed by atoms with Crippen molar-refractivity contribution in [3.05, 3.63) is 82.5 Å². The summed E-state index contributed by atoms with van der Waals surface area (Å²) in [5.74, 6) is 0.603. The number of H-pyrrole nitrogens is 1. The minimum Gasteiger partial charge on any atom is -0.480 e. The lowest BCUT2D eigenvalue weighted by atomic mass is 10.0. The molecule has 0 aliphatic heterocycles. The monoisotopic (exact) mass is 454 g/mol. The van der Waals surface area contributed by atoms with Crippen molar-refractivity contribution in [2.45, 2.75) is 16.7 Å². The summed E-state index contributed by atoms with van der Waals surface area (Å²) < 4.78 is 5.49. The molecule has 30 heavy (non-hydrogen) atoms. The summed E-state index contributed by atoms with van der Waals surface area (Å²) in [6.07, 6.45) is 0. The van der Waals surface area contributed by atoms with Crippen LogP contribution in [0.3, 0.4) is 0 Å². The van der Waals surface area contributed by atoms with Crippen LogP contribution in [0, 0.1) is 0 Å². The van der Waals surface area contributed by atoms with Gasteiger partial charge in [0.15, 0.2) is 0 Å². The van der Waals surface area contributed by atoms with Crippen LogP contribution >= 0.6 is 35.0 Å². The van der Waals surface area contributed by atoms with Crippen molar-refractivity contribution in [2.24, 2.45) is 4.99 Å². The highest BCUT2D eigenvalue weighted by atomic mass is 35.5. The van der Waals surface area contributed by atoms with Crippen LogP contribution in [-0.2, 0) is 4.74 Å². The maximum absolute atomic E-state index is 6.24. The number of aromatic nitrogens is 1. The van der Waals surface area contributed by atoms with Gasteiger partial charge in [-0.3, -0.25) is 4.99 Å². The van der Waals surface area contributed by atoms with Crippen LogP contribution in [-0.4, -0.2) is 24.5 Å². The Morgan fingerprint density at radius 1 is 1.00 bits per heavy atom. The smallest absolute Gasteiger partial charge is 0.232 e. The van der Waals surface area contributed by atoms with Gasteiger partial charge in [-0.2, -0.15) is 0 Å². The van der Waals surface area contributed by atoms with Gasteiger partial charge in [-0.1, -0.05) is 71.4 Å². The normalized spacial score (nSPS) is 11.8. The molecule has 0 atom stereocenters. The van der Waals surface area contributed by atoms with Crippen LogP contribution in [0.1, 0.15) is 12.6 Å². The van der Waals surface area contributed by atoms with Crippen LogP contribution < -0.4 is 0 Å². The van der Waals surface area contributed by atoms with Gasteiger partial charge in [0, 0.05) is 27.3 Å². The number of hydrogen-bond donors (Lipinski definition) is 1. The molecule has 1 heterocycles. The molecule has 152 valence electrons. The van der Waals surface area contributed by atoms with Crippen LogP contribution in [0.2, 0.25) is 10.0 Å². The number of benzene rings is 3. The number of ether oxygens (including phenoxy) is 1. The van der Waals surface area contributed by atoms with Gasteiger partial charge in [-0.15, -0.1) is 0 Å². The lowest BCUT2D eigenvalue weighted by molar-refractivity contribution is 0.401. The Morgan fingerprint density at radius 2 is 1.80 bits per heavy atom. The number of aromatic amines is 1. The summed E-state index contributed by atoms with van der Waals surface area (Å²) in [5.41, 5.74) is 4.16. The maximum Gasteiger partial charge on any atom is 0.232 e. The Morgan fingerprint density at radius 3 is 2.50 bits per heavy atom. The topological polar surface area (TPSA) is 37.4 Å². The van der Waals surface area contributed by atoms with E-state index in [-0.39, 0.29) is 0 Å². The van der Waals surface area contributed by atoms with E-state index in [4.69, 9.17) is 27.9 Å². The molecule has 0 aliphatic carbocycles. The van der Waals surface area contributed by atoms with Crippen molar-refractivity contribution in [1.29, 1.82) is 0 Å². The number of nitrogens with one attached hydrogen (secondary N) is 1. The van der Waals surface area contributed by atoms with E-state index in [1.54, 1.807) is 18.9 Å². The Hall–Kier alpha value is -2.40. The molecular weight excluding hydrogens is 435 g/mol. The second kappa shape index (κ2) is 9.17. The summed E-state index contributed by atoms with van der Waals surface area (Å²) in [4.78, 5) is 10.1. The van der Waals surface area contributed by atoms with Crippen molar-refractivity contribution in [2.75, 3.05) is 13.7 Å². The summed E-state index contributed by atoms with van der Waals surface area (Å²) in [7, 11) is 1.64. The Kier molecular flexibility index (Phi) is 6.38. The van der Waals surface area contributed by atoms with E-state index >= 15 is 0 Å². The van der Waals surface area contributed by atoms with Gasteiger partial charge in [0.05, 0.1) is 22.7 Å². The van der Waals surface area contributed by atoms with Gasteiger partial charge >= 0.3 is 0 Å². The van der Waals surface area contributed by atoms with E-state index in [0.717, 1.165) is 37.5 Å². The number of hydrogen-bond acceptors (Lipinski definition) is 3. The van der Waals surface area contributed by atoms with Crippen molar-refractivity contribution in [1.82, 2.24) is 4.98 Å². The summed E-state index contributed by atoms with van der Waals surface area (Å²) in [6.45, 7) is 2.64. The highest BCUT2D eigenvalue weighted by molar-refractivity contribution is 7.99. The van der Waals surface area contributed by atoms with Crippen molar-refractivity contribution < 1.29 is 4.74 Å². The lowest BCUT2D eigenvalue weighted by Crippen LogP contribution is -2.04. The molecule has 6 heteroatoms. The summed E-state index contributed by atoms with van der Waals surface area (Å²) in [6, 6.07) is 22.4. The van der Waals surface area contributed by atoms with Crippen LogP contribution in [0.25, 0.3) is 22.0 Å². The first-order valence-corrected chi connectivity index (χ1v) is 11.1. The van der Waals surface area contributed by atoms with E-state index in [0.29, 0.717) is 22.5 Å². The summed E-state index contributed by atoms with van der Waals surface area (Å²) in [5, 5.41) is 2.20. The maximum atomic E-state index is 6.24. The molecular formula is C24H20Cl2N2OS. The second-order valence-corrected chi connectivity index (χ2v) is 8.54. The SMILES string of the molecule is CCN=C(OC)c1cc2ccc(Sc3ccc(Cl)c(Cl)c3)c(-c3ccccc3)c2[nH]1. The quantitative estimate of drug-likeness (QED) is 0.247. The fourth-order valence-corrected chi connectivity index (χ4v) is 4.73. The van der Waals surface area contributed by atoms with Gasteiger partial charge in [-0.25, -0.2) is 0 Å². The number of halogens is 2. The molecule has 0 bridgehead atoms. The standard InChI is InChI=1S/C24H20Cl2N2OS/c1-3-27-24(29-2)20-13-16-9-12-21(30-17-10-11-18(25)19(26)14-17)22(23(16)28-20)15-7-5-4-6-8-15/h4-14,28H,3H2,1-2H3. The molecule has 1 aromatic heterocycles. The molecule has 0 spiro atoms. The molecule has 3 nitrogen and oxygen atoms in total. The average molecular weight is 455 g/mol. The lowest BCUT2D eigenvalue weighted by Gasteiger charge is -2.12. The number of rotatable bonds is 5. The largest absolute Gasteiger partial charge is 0.480 e. The van der Waals surface area contributed by atoms with E-state index in [1.807, 2.05) is 43.3 Å². The molecule has 0 radical (unpaired) electrons. The van der Waals surface area contributed by atoms with Crippen LogP contribution in [0.15, 0.2) is 81.5 Å². The Bertz CT molecular complexity index is 1220. The van der Waals surface area contributed by atoms with E-state index in [2.05, 4.69) is 40.3 Å². The highest BCUT2D eigenvalue weighted by Crippen LogP contribution is 2.41. The number of aliphatic imine (C=N–C) groups is 1. The highest BCUT2D eigenvalue weighted by Gasteiger charge is 2.16. The first-order chi connectivity index (χ1) is 14.6. The van der Waals surface area contributed by atoms with Gasteiger partial charge in [-0.05, 0) is 42.8 Å². The van der Waals surface area contributed by atoms with Crippen molar-refractivity contribution in [3.8, 4) is 11.1 Å². The minimum absolute atomic E-state index is 0.548. The van der Waals surface area contributed by atoms with Crippen LogP contribution in [0.5, 0.6) is 0 Å². The molecule has 0 aliphatic rings. The Balaban J connectivity index is 1.89. The third-order valence-corrected chi connectivity index (χ3v) is 6.45. The molecule has 3 aromatic carbocycles. The first kappa shape index (κ1) is 20.9. The zero-order valence-corrected chi connectivity index (χ0v) is 18.9. The predicted octanol–water partition coefficient (Wildman–Crippen LogP) is 7.71. The fraction of sp³-hybridized carbons (Fsp3) is 0.125. The van der Waals surface area contributed by atoms with Gasteiger partial charge < -0.3 is 9.72 Å². The third kappa shape index (κ3) is 4.22. The Labute approximate surface area is 190 Å². The van der Waals surface area contributed by atoms with E-state index in [9.17, 15) is 0 Å².